The standard InChI is InChI=1S/C14H10FNO/c1-3-10-6-7-16-9-13(10)12-5-4-11(17-2)8-14(12)15/h1,4-9H,2H3. The van der Waals surface area contributed by atoms with Crippen molar-refractivity contribution in [1.29, 1.82) is 0 Å². The van der Waals surface area contributed by atoms with Crippen molar-refractivity contribution in [2.75, 3.05) is 7.11 Å². The maximum absolute atomic E-state index is 13.9. The van der Waals surface area contributed by atoms with Gasteiger partial charge in [0, 0.05) is 35.2 Å². The van der Waals surface area contributed by atoms with E-state index in [1.165, 1.54) is 13.2 Å². The molecule has 1 aromatic heterocycles. The molecule has 3 heteroatoms. The van der Waals surface area contributed by atoms with E-state index in [2.05, 4.69) is 10.9 Å². The molecule has 0 N–H and O–H groups in total. The zero-order valence-electron chi connectivity index (χ0n) is 9.27. The minimum atomic E-state index is -0.381. The van der Waals surface area contributed by atoms with Crippen LogP contribution in [0.25, 0.3) is 11.1 Å². The molecule has 0 atom stereocenters. The molecule has 0 aliphatic heterocycles. The van der Waals surface area contributed by atoms with Crippen LogP contribution in [0.1, 0.15) is 5.56 Å². The zero-order chi connectivity index (χ0) is 12.3. The second kappa shape index (κ2) is 4.67. The van der Waals surface area contributed by atoms with Crippen molar-refractivity contribution in [2.45, 2.75) is 0 Å². The second-order valence-electron chi connectivity index (χ2n) is 3.41. The van der Waals surface area contributed by atoms with Gasteiger partial charge in [0.1, 0.15) is 11.6 Å². The van der Waals surface area contributed by atoms with Crippen molar-refractivity contribution >= 4 is 0 Å². The van der Waals surface area contributed by atoms with Gasteiger partial charge in [-0.15, -0.1) is 6.42 Å². The van der Waals surface area contributed by atoms with Crippen molar-refractivity contribution in [3.8, 4) is 29.2 Å². The molecule has 2 rings (SSSR count). The highest BCUT2D eigenvalue weighted by Gasteiger charge is 2.09. The number of methoxy groups -OCH3 is 1. The molecule has 84 valence electrons. The number of pyridine rings is 1. The Labute approximate surface area is 99.1 Å². The number of hydrogen-bond donors (Lipinski definition) is 0. The predicted molar refractivity (Wildman–Crippen MR) is 64.1 cm³/mol. The molecule has 17 heavy (non-hydrogen) atoms. The molecule has 2 aromatic rings. The molecule has 0 unspecified atom stereocenters. The Hall–Kier alpha value is -2.34. The third kappa shape index (κ3) is 2.11. The second-order valence-corrected chi connectivity index (χ2v) is 3.41. The van der Waals surface area contributed by atoms with Crippen LogP contribution < -0.4 is 4.74 Å². The summed E-state index contributed by atoms with van der Waals surface area (Å²) in [5, 5.41) is 0. The molecular formula is C14H10FNO. The van der Waals surface area contributed by atoms with Crippen LogP contribution in [-0.4, -0.2) is 12.1 Å². The van der Waals surface area contributed by atoms with Gasteiger partial charge in [-0.05, 0) is 18.2 Å². The van der Waals surface area contributed by atoms with E-state index in [1.807, 2.05) is 0 Å². The van der Waals surface area contributed by atoms with Crippen molar-refractivity contribution in [3.63, 3.8) is 0 Å². The summed E-state index contributed by atoms with van der Waals surface area (Å²) in [6.45, 7) is 0. The molecule has 0 amide bonds. The fourth-order valence-corrected chi connectivity index (χ4v) is 1.58. The molecule has 1 heterocycles. The lowest BCUT2D eigenvalue weighted by molar-refractivity contribution is 0.411. The van der Waals surface area contributed by atoms with Crippen LogP contribution in [0.2, 0.25) is 0 Å². The topological polar surface area (TPSA) is 22.1 Å². The van der Waals surface area contributed by atoms with Gasteiger partial charge in [-0.25, -0.2) is 4.39 Å². The van der Waals surface area contributed by atoms with Crippen molar-refractivity contribution in [1.82, 2.24) is 4.98 Å². The number of terminal acetylenes is 1. The van der Waals surface area contributed by atoms with Gasteiger partial charge in [-0.2, -0.15) is 0 Å². The van der Waals surface area contributed by atoms with Crippen LogP contribution >= 0.6 is 0 Å². The van der Waals surface area contributed by atoms with Gasteiger partial charge in [0.2, 0.25) is 0 Å². The van der Waals surface area contributed by atoms with Crippen LogP contribution in [0, 0.1) is 18.2 Å². The third-order valence-corrected chi connectivity index (χ3v) is 2.44. The smallest absolute Gasteiger partial charge is 0.134 e. The number of halogens is 1. The highest BCUT2D eigenvalue weighted by atomic mass is 19.1. The minimum absolute atomic E-state index is 0.381. The number of hydrogen-bond acceptors (Lipinski definition) is 2. The first-order valence-corrected chi connectivity index (χ1v) is 5.01. The first-order valence-electron chi connectivity index (χ1n) is 5.01. The molecule has 0 saturated carbocycles. The summed E-state index contributed by atoms with van der Waals surface area (Å²) in [4.78, 5) is 3.96. The highest BCUT2D eigenvalue weighted by Crippen LogP contribution is 2.27. The summed E-state index contributed by atoms with van der Waals surface area (Å²) in [7, 11) is 1.49. The first kappa shape index (κ1) is 11.2. The summed E-state index contributed by atoms with van der Waals surface area (Å²) in [6, 6.07) is 6.32. The van der Waals surface area contributed by atoms with Crippen LogP contribution in [0.5, 0.6) is 5.75 Å². The molecule has 0 saturated heterocycles. The summed E-state index contributed by atoms with van der Waals surface area (Å²) in [6.07, 6.45) is 8.51. The van der Waals surface area contributed by atoms with Gasteiger partial charge in [0.05, 0.1) is 7.11 Å². The summed E-state index contributed by atoms with van der Waals surface area (Å²) in [5.41, 5.74) is 1.64. The Kier molecular flexibility index (Phi) is 3.06. The van der Waals surface area contributed by atoms with Crippen LogP contribution in [0.3, 0.4) is 0 Å². The fraction of sp³-hybridized carbons (Fsp3) is 0.0714. The largest absolute Gasteiger partial charge is 0.497 e. The van der Waals surface area contributed by atoms with E-state index in [-0.39, 0.29) is 5.82 Å². The average molecular weight is 227 g/mol. The lowest BCUT2D eigenvalue weighted by atomic mass is 10.0. The van der Waals surface area contributed by atoms with E-state index >= 15 is 0 Å². The lowest BCUT2D eigenvalue weighted by Gasteiger charge is -2.07. The monoisotopic (exact) mass is 227 g/mol. The van der Waals surface area contributed by atoms with E-state index in [0.717, 1.165) is 0 Å². The van der Waals surface area contributed by atoms with E-state index in [4.69, 9.17) is 11.2 Å². The molecule has 0 aliphatic rings. The van der Waals surface area contributed by atoms with Gasteiger partial charge >= 0.3 is 0 Å². The van der Waals surface area contributed by atoms with Gasteiger partial charge in [0.15, 0.2) is 0 Å². The molecule has 2 nitrogen and oxygen atoms in total. The third-order valence-electron chi connectivity index (χ3n) is 2.44. The predicted octanol–water partition coefficient (Wildman–Crippen LogP) is 2.88. The Bertz CT molecular complexity index is 587. The molecule has 0 radical (unpaired) electrons. The van der Waals surface area contributed by atoms with Gasteiger partial charge in [0.25, 0.3) is 0 Å². The van der Waals surface area contributed by atoms with Crippen molar-refractivity contribution in [3.05, 3.63) is 48.0 Å². The Morgan fingerprint density at radius 1 is 1.29 bits per heavy atom. The number of rotatable bonds is 2. The maximum atomic E-state index is 13.9. The van der Waals surface area contributed by atoms with Crippen LogP contribution in [0.4, 0.5) is 4.39 Å². The molecule has 1 aromatic carbocycles. The van der Waals surface area contributed by atoms with Crippen LogP contribution in [-0.2, 0) is 0 Å². The highest BCUT2D eigenvalue weighted by molar-refractivity contribution is 5.71. The number of aromatic nitrogens is 1. The van der Waals surface area contributed by atoms with E-state index in [9.17, 15) is 4.39 Å². The Balaban J connectivity index is 2.58. The van der Waals surface area contributed by atoms with Crippen molar-refractivity contribution < 1.29 is 9.13 Å². The zero-order valence-corrected chi connectivity index (χ0v) is 9.27. The maximum Gasteiger partial charge on any atom is 0.134 e. The summed E-state index contributed by atoms with van der Waals surface area (Å²) in [5.74, 6) is 2.60. The Morgan fingerprint density at radius 3 is 2.76 bits per heavy atom. The first-order chi connectivity index (χ1) is 8.26. The quantitative estimate of drug-likeness (QED) is 0.736. The lowest BCUT2D eigenvalue weighted by Crippen LogP contribution is -1.91. The van der Waals surface area contributed by atoms with E-state index in [1.54, 1.807) is 30.6 Å². The minimum Gasteiger partial charge on any atom is -0.497 e. The molecule has 0 aliphatic carbocycles. The normalized spacial score (nSPS) is 9.71. The van der Waals surface area contributed by atoms with Crippen molar-refractivity contribution in [2.24, 2.45) is 0 Å². The van der Waals surface area contributed by atoms with Crippen LogP contribution in [0.15, 0.2) is 36.7 Å². The summed E-state index contributed by atoms with van der Waals surface area (Å²) >= 11 is 0. The van der Waals surface area contributed by atoms with Gasteiger partial charge in [-0.1, -0.05) is 5.92 Å². The molecule has 0 bridgehead atoms. The number of nitrogens with zero attached hydrogens (tertiary/aromatic N) is 1. The molecule has 0 spiro atoms. The Morgan fingerprint density at radius 2 is 2.12 bits per heavy atom. The summed E-state index contributed by atoms with van der Waals surface area (Å²) < 4.78 is 18.8. The molecular weight excluding hydrogens is 217 g/mol. The number of ether oxygens (including phenoxy) is 1. The van der Waals surface area contributed by atoms with E-state index in [0.29, 0.717) is 22.4 Å². The van der Waals surface area contributed by atoms with E-state index < -0.39 is 0 Å². The van der Waals surface area contributed by atoms with Gasteiger partial charge in [-0.3, -0.25) is 4.98 Å². The van der Waals surface area contributed by atoms with Gasteiger partial charge < -0.3 is 4.74 Å². The fourth-order valence-electron chi connectivity index (χ4n) is 1.58. The SMILES string of the molecule is C#Cc1ccncc1-c1ccc(OC)cc1F. The average Bonchev–Trinajstić information content (AvgIpc) is 2.38. The number of benzene rings is 1. The molecule has 0 fully saturated rings.